The molecule has 4 rings (SSSR count). The van der Waals surface area contributed by atoms with Crippen molar-refractivity contribution in [1.82, 2.24) is 15.1 Å². The fourth-order valence-electron chi connectivity index (χ4n) is 3.84. The minimum atomic E-state index is -0.379. The van der Waals surface area contributed by atoms with Crippen LogP contribution in [-0.4, -0.2) is 65.6 Å². The molecule has 0 radical (unpaired) electrons. The van der Waals surface area contributed by atoms with Crippen LogP contribution in [0.25, 0.3) is 0 Å². The summed E-state index contributed by atoms with van der Waals surface area (Å²) in [5.41, 5.74) is 2.36. The predicted molar refractivity (Wildman–Crippen MR) is 88.1 cm³/mol. The Kier molecular flexibility index (Phi) is 4.09. The monoisotopic (exact) mass is 315 g/mol. The maximum absolute atomic E-state index is 11.9. The second kappa shape index (κ2) is 6.23. The van der Waals surface area contributed by atoms with Gasteiger partial charge in [0.2, 0.25) is 5.91 Å². The van der Waals surface area contributed by atoms with Crippen LogP contribution < -0.4 is 5.32 Å². The van der Waals surface area contributed by atoms with E-state index in [1.807, 2.05) is 18.2 Å². The molecule has 1 saturated carbocycles. The molecule has 23 heavy (non-hydrogen) atoms. The maximum atomic E-state index is 11.9. The zero-order valence-electron chi connectivity index (χ0n) is 13.4. The molecular formula is C18H25N3O2. The second-order valence-electron chi connectivity index (χ2n) is 7.07. The Morgan fingerprint density at radius 2 is 1.91 bits per heavy atom. The lowest BCUT2D eigenvalue weighted by molar-refractivity contribution is -0.123. The molecule has 1 aromatic rings. The van der Waals surface area contributed by atoms with Crippen molar-refractivity contribution in [3.05, 3.63) is 35.4 Å². The Hall–Kier alpha value is -1.43. The molecule has 2 N–H and O–H groups in total. The third kappa shape index (κ3) is 3.27. The van der Waals surface area contributed by atoms with Gasteiger partial charge >= 0.3 is 0 Å². The first-order chi connectivity index (χ1) is 11.2. The number of hydrogen-bond donors (Lipinski definition) is 2. The Morgan fingerprint density at radius 3 is 2.61 bits per heavy atom. The molecule has 2 atom stereocenters. The summed E-state index contributed by atoms with van der Waals surface area (Å²) in [4.78, 5) is 16.5. The van der Waals surface area contributed by atoms with Crippen molar-refractivity contribution in [1.29, 1.82) is 0 Å². The Bertz CT molecular complexity index is 579. The van der Waals surface area contributed by atoms with Crippen LogP contribution in [0.4, 0.5) is 0 Å². The number of nitrogens with one attached hydrogen (secondary N) is 1. The molecule has 124 valence electrons. The largest absolute Gasteiger partial charge is 0.387 e. The Labute approximate surface area is 137 Å². The number of fused-ring (bicyclic) bond motifs is 1. The zero-order chi connectivity index (χ0) is 15.8. The number of aliphatic hydroxyl groups is 1. The standard InChI is InChI=1S/C18H25N3O2/c22-17(19-14-5-6-14)12-20-7-9-21(10-8-20)16-11-13-3-1-2-4-15(13)18(16)23/h1-4,14,16,18,23H,5-12H2,(H,19,22). The molecule has 0 aromatic heterocycles. The highest BCUT2D eigenvalue weighted by atomic mass is 16.3. The summed E-state index contributed by atoms with van der Waals surface area (Å²) < 4.78 is 0. The lowest BCUT2D eigenvalue weighted by Gasteiger charge is -2.38. The molecule has 1 aliphatic heterocycles. The van der Waals surface area contributed by atoms with Crippen molar-refractivity contribution in [2.45, 2.75) is 37.5 Å². The molecule has 5 nitrogen and oxygen atoms in total. The van der Waals surface area contributed by atoms with Gasteiger partial charge in [-0.2, -0.15) is 0 Å². The molecule has 1 saturated heterocycles. The van der Waals surface area contributed by atoms with Crippen LogP contribution >= 0.6 is 0 Å². The molecule has 1 aromatic carbocycles. The topological polar surface area (TPSA) is 55.8 Å². The molecule has 2 aliphatic carbocycles. The minimum absolute atomic E-state index is 0.161. The van der Waals surface area contributed by atoms with E-state index < -0.39 is 0 Å². The van der Waals surface area contributed by atoms with Gasteiger partial charge in [0.1, 0.15) is 0 Å². The lowest BCUT2D eigenvalue weighted by Crippen LogP contribution is -2.53. The van der Waals surface area contributed by atoms with Gasteiger partial charge in [0, 0.05) is 38.3 Å². The number of nitrogens with zero attached hydrogens (tertiary/aromatic N) is 2. The van der Waals surface area contributed by atoms with Gasteiger partial charge in [-0.1, -0.05) is 24.3 Å². The van der Waals surface area contributed by atoms with Gasteiger partial charge in [-0.05, 0) is 30.4 Å². The zero-order valence-corrected chi connectivity index (χ0v) is 13.4. The van der Waals surface area contributed by atoms with Crippen LogP contribution in [0.1, 0.15) is 30.1 Å². The minimum Gasteiger partial charge on any atom is -0.387 e. The van der Waals surface area contributed by atoms with E-state index in [2.05, 4.69) is 21.2 Å². The van der Waals surface area contributed by atoms with Gasteiger partial charge < -0.3 is 10.4 Å². The van der Waals surface area contributed by atoms with Crippen LogP contribution in [0.15, 0.2) is 24.3 Å². The van der Waals surface area contributed by atoms with Crippen LogP contribution in [0.5, 0.6) is 0 Å². The average molecular weight is 315 g/mol. The third-order valence-electron chi connectivity index (χ3n) is 5.35. The van der Waals surface area contributed by atoms with E-state index in [4.69, 9.17) is 0 Å². The molecule has 0 spiro atoms. The Balaban J connectivity index is 1.29. The van der Waals surface area contributed by atoms with Crippen molar-refractivity contribution >= 4 is 5.91 Å². The van der Waals surface area contributed by atoms with E-state index in [-0.39, 0.29) is 18.1 Å². The maximum Gasteiger partial charge on any atom is 0.234 e. The summed E-state index contributed by atoms with van der Waals surface area (Å²) in [6.07, 6.45) is 2.83. The van der Waals surface area contributed by atoms with Crippen LogP contribution in [0, 0.1) is 0 Å². The van der Waals surface area contributed by atoms with Crippen LogP contribution in [0.2, 0.25) is 0 Å². The first kappa shape index (κ1) is 15.1. The first-order valence-electron chi connectivity index (χ1n) is 8.72. The smallest absolute Gasteiger partial charge is 0.234 e. The summed E-state index contributed by atoms with van der Waals surface area (Å²) in [7, 11) is 0. The number of carbonyl (C=O) groups excluding carboxylic acids is 1. The number of aliphatic hydroxyl groups excluding tert-OH is 1. The molecule has 3 aliphatic rings. The summed E-state index contributed by atoms with van der Waals surface area (Å²) in [5, 5.41) is 13.6. The number of rotatable bonds is 4. The van der Waals surface area contributed by atoms with Gasteiger partial charge in [-0.25, -0.2) is 0 Å². The van der Waals surface area contributed by atoms with Gasteiger partial charge in [0.05, 0.1) is 12.6 Å². The van der Waals surface area contributed by atoms with Gasteiger partial charge in [0.25, 0.3) is 0 Å². The van der Waals surface area contributed by atoms with E-state index in [9.17, 15) is 9.90 Å². The third-order valence-corrected chi connectivity index (χ3v) is 5.35. The fourth-order valence-corrected chi connectivity index (χ4v) is 3.84. The van der Waals surface area contributed by atoms with Gasteiger partial charge in [-0.3, -0.25) is 14.6 Å². The quantitative estimate of drug-likeness (QED) is 0.852. The molecule has 2 fully saturated rings. The highest BCUT2D eigenvalue weighted by Gasteiger charge is 2.36. The number of benzene rings is 1. The van der Waals surface area contributed by atoms with E-state index in [0.29, 0.717) is 12.6 Å². The molecule has 2 unspecified atom stereocenters. The number of amides is 1. The SMILES string of the molecule is O=C(CN1CCN(C2Cc3ccccc3C2O)CC1)NC1CC1. The fraction of sp³-hybridized carbons (Fsp3) is 0.611. The normalized spacial score (nSPS) is 28.6. The van der Waals surface area contributed by atoms with Crippen LogP contribution in [-0.2, 0) is 11.2 Å². The first-order valence-corrected chi connectivity index (χ1v) is 8.72. The van der Waals surface area contributed by atoms with Gasteiger partial charge in [0.15, 0.2) is 0 Å². The van der Waals surface area contributed by atoms with Crippen LogP contribution in [0.3, 0.4) is 0 Å². The summed E-state index contributed by atoms with van der Waals surface area (Å²) >= 11 is 0. The van der Waals surface area contributed by atoms with E-state index in [0.717, 1.165) is 51.0 Å². The number of piperazine rings is 1. The number of carbonyl (C=O) groups is 1. The molecular weight excluding hydrogens is 290 g/mol. The average Bonchev–Trinajstić information content (AvgIpc) is 3.31. The summed E-state index contributed by atoms with van der Waals surface area (Å²) in [6.45, 7) is 4.16. The second-order valence-corrected chi connectivity index (χ2v) is 7.07. The van der Waals surface area contributed by atoms with Crippen molar-refractivity contribution < 1.29 is 9.90 Å². The van der Waals surface area contributed by atoms with Crippen molar-refractivity contribution in [3.63, 3.8) is 0 Å². The molecule has 0 bridgehead atoms. The van der Waals surface area contributed by atoms with Crippen molar-refractivity contribution in [2.24, 2.45) is 0 Å². The van der Waals surface area contributed by atoms with E-state index in [1.54, 1.807) is 0 Å². The molecule has 1 heterocycles. The molecule has 5 heteroatoms. The summed E-state index contributed by atoms with van der Waals surface area (Å²) in [5.74, 6) is 0.161. The predicted octanol–water partition coefficient (Wildman–Crippen LogP) is 0.541. The molecule has 1 amide bonds. The van der Waals surface area contributed by atoms with Gasteiger partial charge in [-0.15, -0.1) is 0 Å². The number of hydrogen-bond acceptors (Lipinski definition) is 4. The highest BCUT2D eigenvalue weighted by Crippen LogP contribution is 2.34. The summed E-state index contributed by atoms with van der Waals surface area (Å²) in [6, 6.07) is 8.84. The highest BCUT2D eigenvalue weighted by molar-refractivity contribution is 5.78. The lowest BCUT2D eigenvalue weighted by atomic mass is 10.1. The van der Waals surface area contributed by atoms with Crippen molar-refractivity contribution in [3.8, 4) is 0 Å². The Morgan fingerprint density at radius 1 is 1.17 bits per heavy atom. The van der Waals surface area contributed by atoms with E-state index in [1.165, 1.54) is 5.56 Å². The van der Waals surface area contributed by atoms with Crippen molar-refractivity contribution in [2.75, 3.05) is 32.7 Å². The van der Waals surface area contributed by atoms with E-state index >= 15 is 0 Å².